The van der Waals surface area contributed by atoms with Crippen LogP contribution in [-0.2, 0) is 0 Å². The van der Waals surface area contributed by atoms with E-state index in [-0.39, 0.29) is 5.91 Å². The third kappa shape index (κ3) is 1.53. The molecule has 16 heavy (non-hydrogen) atoms. The Labute approximate surface area is 94.6 Å². The third-order valence-corrected chi connectivity index (χ3v) is 3.62. The van der Waals surface area contributed by atoms with Gasteiger partial charge >= 0.3 is 0 Å². The van der Waals surface area contributed by atoms with Crippen LogP contribution in [0.3, 0.4) is 0 Å². The molecular formula is C12H16N2O2. The van der Waals surface area contributed by atoms with Crippen LogP contribution in [0.5, 0.6) is 0 Å². The predicted octanol–water partition coefficient (Wildman–Crippen LogP) is 1.25. The first kappa shape index (κ1) is 9.90. The second-order valence-corrected chi connectivity index (χ2v) is 4.53. The summed E-state index contributed by atoms with van der Waals surface area (Å²) >= 11 is 0. The molecule has 0 radical (unpaired) electrons. The predicted molar refractivity (Wildman–Crippen MR) is 59.2 cm³/mol. The van der Waals surface area contributed by atoms with E-state index in [1.165, 1.54) is 0 Å². The van der Waals surface area contributed by atoms with Gasteiger partial charge in [0.25, 0.3) is 5.91 Å². The van der Waals surface area contributed by atoms with Crippen LogP contribution in [0.4, 0.5) is 0 Å². The topological polar surface area (TPSA) is 45.5 Å². The van der Waals surface area contributed by atoms with Gasteiger partial charge in [0, 0.05) is 18.6 Å². The maximum Gasteiger partial charge on any atom is 0.289 e. The fourth-order valence-electron chi connectivity index (χ4n) is 2.84. The number of furan rings is 1. The van der Waals surface area contributed by atoms with Crippen molar-refractivity contribution >= 4 is 5.91 Å². The SMILES string of the molecule is O=C(c1ccco1)N1CCC2NCCCC21. The van der Waals surface area contributed by atoms with E-state index in [0.717, 1.165) is 32.4 Å². The van der Waals surface area contributed by atoms with E-state index in [4.69, 9.17) is 4.42 Å². The second kappa shape index (κ2) is 3.94. The Hall–Kier alpha value is -1.29. The summed E-state index contributed by atoms with van der Waals surface area (Å²) in [4.78, 5) is 14.1. The van der Waals surface area contributed by atoms with Gasteiger partial charge < -0.3 is 14.6 Å². The van der Waals surface area contributed by atoms with E-state index in [9.17, 15) is 4.79 Å². The number of hydrogen-bond acceptors (Lipinski definition) is 3. The van der Waals surface area contributed by atoms with E-state index in [0.29, 0.717) is 17.8 Å². The minimum atomic E-state index is 0.0428. The molecule has 3 heterocycles. The summed E-state index contributed by atoms with van der Waals surface area (Å²) in [5.74, 6) is 0.507. The summed E-state index contributed by atoms with van der Waals surface area (Å²) in [6.07, 6.45) is 4.89. The molecule has 1 N–H and O–H groups in total. The minimum Gasteiger partial charge on any atom is -0.459 e. The highest BCUT2D eigenvalue weighted by Gasteiger charge is 2.38. The van der Waals surface area contributed by atoms with Gasteiger partial charge in [0.1, 0.15) is 0 Å². The molecule has 0 spiro atoms. The highest BCUT2D eigenvalue weighted by molar-refractivity contribution is 5.92. The van der Waals surface area contributed by atoms with Gasteiger partial charge in [-0.25, -0.2) is 0 Å². The number of fused-ring (bicyclic) bond motifs is 1. The number of carbonyl (C=O) groups is 1. The number of rotatable bonds is 1. The first-order chi connectivity index (χ1) is 7.86. The van der Waals surface area contributed by atoms with Gasteiger partial charge in [0.05, 0.1) is 6.26 Å². The summed E-state index contributed by atoms with van der Waals surface area (Å²) in [6, 6.07) is 4.37. The van der Waals surface area contributed by atoms with Gasteiger partial charge in [0.15, 0.2) is 5.76 Å². The lowest BCUT2D eigenvalue weighted by atomic mass is 9.99. The molecule has 1 aromatic rings. The van der Waals surface area contributed by atoms with E-state index in [2.05, 4.69) is 5.32 Å². The molecule has 2 aliphatic heterocycles. The van der Waals surface area contributed by atoms with Crippen LogP contribution in [-0.4, -0.2) is 36.0 Å². The molecule has 0 aliphatic carbocycles. The molecule has 2 fully saturated rings. The Morgan fingerprint density at radius 2 is 2.44 bits per heavy atom. The zero-order chi connectivity index (χ0) is 11.0. The van der Waals surface area contributed by atoms with Crippen LogP contribution in [0.25, 0.3) is 0 Å². The molecule has 86 valence electrons. The molecule has 2 saturated heterocycles. The van der Waals surface area contributed by atoms with E-state index >= 15 is 0 Å². The molecule has 2 aliphatic rings. The van der Waals surface area contributed by atoms with E-state index < -0.39 is 0 Å². The maximum atomic E-state index is 12.2. The minimum absolute atomic E-state index is 0.0428. The molecule has 0 aromatic carbocycles. The number of nitrogens with zero attached hydrogens (tertiary/aromatic N) is 1. The molecule has 1 amide bonds. The van der Waals surface area contributed by atoms with Crippen molar-refractivity contribution in [1.82, 2.24) is 10.2 Å². The molecule has 0 saturated carbocycles. The lowest BCUT2D eigenvalue weighted by Crippen LogP contribution is -2.48. The van der Waals surface area contributed by atoms with Crippen LogP contribution < -0.4 is 5.32 Å². The zero-order valence-corrected chi connectivity index (χ0v) is 9.19. The van der Waals surface area contributed by atoms with E-state index in [1.54, 1.807) is 18.4 Å². The summed E-state index contributed by atoms with van der Waals surface area (Å²) in [7, 11) is 0. The molecule has 4 heteroatoms. The Bertz CT molecular complexity index is 374. The smallest absolute Gasteiger partial charge is 0.289 e. The van der Waals surface area contributed by atoms with E-state index in [1.807, 2.05) is 4.90 Å². The van der Waals surface area contributed by atoms with Gasteiger partial charge in [0.2, 0.25) is 0 Å². The molecular weight excluding hydrogens is 204 g/mol. The number of likely N-dealkylation sites (tertiary alicyclic amines) is 1. The van der Waals surface area contributed by atoms with Crippen molar-refractivity contribution in [3.05, 3.63) is 24.2 Å². The van der Waals surface area contributed by atoms with Gasteiger partial charge in [-0.15, -0.1) is 0 Å². The van der Waals surface area contributed by atoms with Crippen LogP contribution >= 0.6 is 0 Å². The summed E-state index contributed by atoms with van der Waals surface area (Å²) in [5.41, 5.74) is 0. The van der Waals surface area contributed by atoms with Crippen molar-refractivity contribution in [2.24, 2.45) is 0 Å². The molecule has 2 atom stereocenters. The van der Waals surface area contributed by atoms with Gasteiger partial charge in [-0.1, -0.05) is 0 Å². The third-order valence-electron chi connectivity index (χ3n) is 3.62. The molecule has 4 nitrogen and oxygen atoms in total. The quantitative estimate of drug-likeness (QED) is 0.774. The van der Waals surface area contributed by atoms with Crippen molar-refractivity contribution in [2.45, 2.75) is 31.3 Å². The number of piperidine rings is 1. The Kier molecular flexibility index (Phi) is 2.44. The van der Waals surface area contributed by atoms with Crippen molar-refractivity contribution in [2.75, 3.05) is 13.1 Å². The second-order valence-electron chi connectivity index (χ2n) is 4.53. The standard InChI is InChI=1S/C12H16N2O2/c15-12(11-4-2-8-16-11)14-7-5-9-10(14)3-1-6-13-9/h2,4,8-10,13H,1,3,5-7H2. The van der Waals surface area contributed by atoms with Crippen molar-refractivity contribution in [3.8, 4) is 0 Å². The summed E-state index contributed by atoms with van der Waals surface area (Å²) in [5, 5.41) is 3.49. The van der Waals surface area contributed by atoms with Crippen molar-refractivity contribution in [1.29, 1.82) is 0 Å². The number of amides is 1. The average molecular weight is 220 g/mol. The van der Waals surface area contributed by atoms with Gasteiger partial charge in [-0.3, -0.25) is 4.79 Å². The number of hydrogen-bond donors (Lipinski definition) is 1. The monoisotopic (exact) mass is 220 g/mol. The molecule has 2 unspecified atom stereocenters. The first-order valence-corrected chi connectivity index (χ1v) is 5.94. The zero-order valence-electron chi connectivity index (χ0n) is 9.19. The highest BCUT2D eigenvalue weighted by atomic mass is 16.3. The average Bonchev–Trinajstić information content (AvgIpc) is 2.98. The number of nitrogens with one attached hydrogen (secondary N) is 1. The largest absolute Gasteiger partial charge is 0.459 e. The van der Waals surface area contributed by atoms with Gasteiger partial charge in [-0.2, -0.15) is 0 Å². The first-order valence-electron chi connectivity index (χ1n) is 5.94. The molecule has 1 aromatic heterocycles. The normalized spacial score (nSPS) is 29.1. The van der Waals surface area contributed by atoms with Crippen LogP contribution in [0, 0.1) is 0 Å². The summed E-state index contributed by atoms with van der Waals surface area (Å²) < 4.78 is 5.18. The fraction of sp³-hybridized carbons (Fsp3) is 0.583. The maximum absolute atomic E-state index is 12.2. The Morgan fingerprint density at radius 3 is 3.25 bits per heavy atom. The number of carbonyl (C=O) groups excluding carboxylic acids is 1. The van der Waals surface area contributed by atoms with Crippen LogP contribution in [0.1, 0.15) is 29.8 Å². The summed E-state index contributed by atoms with van der Waals surface area (Å²) in [6.45, 7) is 1.94. The van der Waals surface area contributed by atoms with Crippen molar-refractivity contribution in [3.63, 3.8) is 0 Å². The molecule has 3 rings (SSSR count). The van der Waals surface area contributed by atoms with Crippen LogP contribution in [0.15, 0.2) is 22.8 Å². The molecule has 0 bridgehead atoms. The lowest BCUT2D eigenvalue weighted by Gasteiger charge is -2.31. The van der Waals surface area contributed by atoms with Crippen LogP contribution in [0.2, 0.25) is 0 Å². The highest BCUT2D eigenvalue weighted by Crippen LogP contribution is 2.26. The van der Waals surface area contributed by atoms with Gasteiger partial charge in [-0.05, 0) is 37.9 Å². The Morgan fingerprint density at radius 1 is 1.50 bits per heavy atom. The Balaban J connectivity index is 1.78. The lowest BCUT2D eigenvalue weighted by molar-refractivity contribution is 0.0673. The fourth-order valence-corrected chi connectivity index (χ4v) is 2.84. The van der Waals surface area contributed by atoms with Crippen molar-refractivity contribution < 1.29 is 9.21 Å².